The molecule has 1 aliphatic rings. The highest BCUT2D eigenvalue weighted by molar-refractivity contribution is 5.23. The van der Waals surface area contributed by atoms with Gasteiger partial charge in [0, 0.05) is 24.6 Å². The fourth-order valence-corrected chi connectivity index (χ4v) is 2.28. The molecule has 0 aromatic carbocycles. The Labute approximate surface area is 115 Å². The van der Waals surface area contributed by atoms with E-state index < -0.39 is 0 Å². The zero-order valence-corrected chi connectivity index (χ0v) is 12.2. The quantitative estimate of drug-likeness (QED) is 0.908. The Balaban J connectivity index is 1.95. The zero-order valence-electron chi connectivity index (χ0n) is 12.2. The van der Waals surface area contributed by atoms with Gasteiger partial charge < -0.3 is 14.8 Å². The number of nitrogens with one attached hydrogen (secondary N) is 1. The molecule has 0 aliphatic carbocycles. The normalized spacial score (nSPS) is 27.3. The number of aromatic nitrogens is 1. The van der Waals surface area contributed by atoms with Crippen LogP contribution < -0.4 is 14.8 Å². The van der Waals surface area contributed by atoms with E-state index in [0.29, 0.717) is 17.8 Å². The summed E-state index contributed by atoms with van der Waals surface area (Å²) in [5, 5.41) is 3.46. The van der Waals surface area contributed by atoms with Crippen LogP contribution >= 0.6 is 0 Å². The summed E-state index contributed by atoms with van der Waals surface area (Å²) in [6, 6.07) is 4.30. The number of piperidine rings is 1. The first kappa shape index (κ1) is 14.1. The SMILES string of the molecule is CC1CC(Oc2ccc(OC(C)C)cn2)C(C)CN1. The summed E-state index contributed by atoms with van der Waals surface area (Å²) in [7, 11) is 0. The molecule has 3 atom stereocenters. The molecule has 4 nitrogen and oxygen atoms in total. The largest absolute Gasteiger partial charge is 0.489 e. The molecule has 0 saturated carbocycles. The van der Waals surface area contributed by atoms with E-state index in [1.54, 1.807) is 6.20 Å². The standard InChI is InChI=1S/C15H24N2O2/c1-10(2)18-13-5-6-15(17-9-13)19-14-7-12(4)16-8-11(14)3/h5-6,9-12,14,16H,7-8H2,1-4H3. The number of nitrogens with zero attached hydrogens (tertiary/aromatic N) is 1. The molecular weight excluding hydrogens is 240 g/mol. The van der Waals surface area contributed by atoms with Gasteiger partial charge in [0.25, 0.3) is 0 Å². The molecule has 0 amide bonds. The first-order chi connectivity index (χ1) is 9.04. The number of hydrogen-bond donors (Lipinski definition) is 1. The minimum atomic E-state index is 0.166. The summed E-state index contributed by atoms with van der Waals surface area (Å²) in [5.41, 5.74) is 0. The van der Waals surface area contributed by atoms with E-state index >= 15 is 0 Å². The second kappa shape index (κ2) is 6.24. The fourth-order valence-electron chi connectivity index (χ4n) is 2.28. The van der Waals surface area contributed by atoms with Crippen LogP contribution in [0.15, 0.2) is 18.3 Å². The van der Waals surface area contributed by atoms with Gasteiger partial charge in [0.2, 0.25) is 5.88 Å². The topological polar surface area (TPSA) is 43.4 Å². The van der Waals surface area contributed by atoms with E-state index in [1.165, 1.54) is 0 Å². The lowest BCUT2D eigenvalue weighted by Gasteiger charge is -2.33. The molecule has 1 aromatic rings. The molecule has 19 heavy (non-hydrogen) atoms. The lowest BCUT2D eigenvalue weighted by molar-refractivity contribution is 0.0899. The van der Waals surface area contributed by atoms with Crippen molar-refractivity contribution in [1.29, 1.82) is 0 Å². The summed E-state index contributed by atoms with van der Waals surface area (Å²) in [4.78, 5) is 4.32. The predicted molar refractivity (Wildman–Crippen MR) is 75.7 cm³/mol. The zero-order chi connectivity index (χ0) is 13.8. The Hall–Kier alpha value is -1.29. The molecule has 2 heterocycles. The Morgan fingerprint density at radius 3 is 2.74 bits per heavy atom. The van der Waals surface area contributed by atoms with Crippen molar-refractivity contribution in [2.75, 3.05) is 6.54 Å². The maximum absolute atomic E-state index is 5.99. The van der Waals surface area contributed by atoms with Gasteiger partial charge in [0.1, 0.15) is 11.9 Å². The van der Waals surface area contributed by atoms with Gasteiger partial charge >= 0.3 is 0 Å². The van der Waals surface area contributed by atoms with Crippen LogP contribution in [0.5, 0.6) is 11.6 Å². The van der Waals surface area contributed by atoms with Crippen molar-refractivity contribution in [3.05, 3.63) is 18.3 Å². The Kier molecular flexibility index (Phi) is 4.64. The van der Waals surface area contributed by atoms with Crippen molar-refractivity contribution < 1.29 is 9.47 Å². The summed E-state index contributed by atoms with van der Waals surface area (Å²) >= 11 is 0. The van der Waals surface area contributed by atoms with E-state index in [-0.39, 0.29) is 12.2 Å². The summed E-state index contributed by atoms with van der Waals surface area (Å²) < 4.78 is 11.6. The third kappa shape index (κ3) is 4.10. The maximum atomic E-state index is 5.99. The van der Waals surface area contributed by atoms with Gasteiger partial charge in [-0.2, -0.15) is 0 Å². The number of hydrogen-bond acceptors (Lipinski definition) is 4. The van der Waals surface area contributed by atoms with Crippen LogP contribution in [-0.4, -0.2) is 29.8 Å². The van der Waals surface area contributed by atoms with Gasteiger partial charge in [-0.25, -0.2) is 4.98 Å². The smallest absolute Gasteiger partial charge is 0.213 e. The highest BCUT2D eigenvalue weighted by Gasteiger charge is 2.26. The van der Waals surface area contributed by atoms with Crippen molar-refractivity contribution in [2.24, 2.45) is 5.92 Å². The second-order valence-corrected chi connectivity index (χ2v) is 5.68. The highest BCUT2D eigenvalue weighted by Crippen LogP contribution is 2.22. The summed E-state index contributed by atoms with van der Waals surface area (Å²) in [6.45, 7) is 9.40. The van der Waals surface area contributed by atoms with Crippen LogP contribution in [0.25, 0.3) is 0 Å². The maximum Gasteiger partial charge on any atom is 0.213 e. The van der Waals surface area contributed by atoms with E-state index in [9.17, 15) is 0 Å². The summed E-state index contributed by atoms with van der Waals surface area (Å²) in [5.74, 6) is 1.97. The summed E-state index contributed by atoms with van der Waals surface area (Å²) in [6.07, 6.45) is 3.15. The van der Waals surface area contributed by atoms with Gasteiger partial charge in [-0.05, 0) is 33.3 Å². The molecule has 2 rings (SSSR count). The Morgan fingerprint density at radius 2 is 2.11 bits per heavy atom. The molecule has 0 bridgehead atoms. The van der Waals surface area contributed by atoms with Gasteiger partial charge in [0.05, 0.1) is 12.3 Å². The van der Waals surface area contributed by atoms with E-state index in [4.69, 9.17) is 9.47 Å². The van der Waals surface area contributed by atoms with Gasteiger partial charge in [0.15, 0.2) is 0 Å². The van der Waals surface area contributed by atoms with Crippen LogP contribution in [0.1, 0.15) is 34.1 Å². The minimum Gasteiger partial charge on any atom is -0.489 e. The van der Waals surface area contributed by atoms with Gasteiger partial charge in [-0.1, -0.05) is 6.92 Å². The molecule has 1 N–H and O–H groups in total. The molecular formula is C15H24N2O2. The average molecular weight is 264 g/mol. The predicted octanol–water partition coefficient (Wildman–Crippen LogP) is 2.63. The van der Waals surface area contributed by atoms with Crippen LogP contribution in [0, 0.1) is 5.92 Å². The van der Waals surface area contributed by atoms with Gasteiger partial charge in [-0.15, -0.1) is 0 Å². The van der Waals surface area contributed by atoms with Crippen molar-refractivity contribution in [2.45, 2.75) is 52.4 Å². The number of ether oxygens (including phenoxy) is 2. The van der Waals surface area contributed by atoms with Crippen LogP contribution in [-0.2, 0) is 0 Å². The lowest BCUT2D eigenvalue weighted by atomic mass is 9.94. The second-order valence-electron chi connectivity index (χ2n) is 5.68. The molecule has 3 unspecified atom stereocenters. The molecule has 4 heteroatoms. The number of rotatable bonds is 4. The van der Waals surface area contributed by atoms with Crippen molar-refractivity contribution in [3.63, 3.8) is 0 Å². The highest BCUT2D eigenvalue weighted by atomic mass is 16.5. The number of pyridine rings is 1. The van der Waals surface area contributed by atoms with Crippen molar-refractivity contribution >= 4 is 0 Å². The molecule has 1 saturated heterocycles. The monoisotopic (exact) mass is 264 g/mol. The first-order valence-corrected chi connectivity index (χ1v) is 7.07. The van der Waals surface area contributed by atoms with Crippen LogP contribution in [0.2, 0.25) is 0 Å². The molecule has 1 aliphatic heterocycles. The lowest BCUT2D eigenvalue weighted by Crippen LogP contribution is -2.46. The van der Waals surface area contributed by atoms with E-state index in [2.05, 4.69) is 24.1 Å². The third-order valence-electron chi connectivity index (χ3n) is 3.36. The minimum absolute atomic E-state index is 0.166. The molecule has 0 radical (unpaired) electrons. The average Bonchev–Trinajstić information content (AvgIpc) is 2.35. The Bertz CT molecular complexity index is 392. The van der Waals surface area contributed by atoms with E-state index in [1.807, 2.05) is 26.0 Å². The fraction of sp³-hybridized carbons (Fsp3) is 0.667. The van der Waals surface area contributed by atoms with E-state index in [0.717, 1.165) is 18.7 Å². The molecule has 106 valence electrons. The van der Waals surface area contributed by atoms with Crippen LogP contribution in [0.3, 0.4) is 0 Å². The third-order valence-corrected chi connectivity index (χ3v) is 3.36. The van der Waals surface area contributed by atoms with Crippen molar-refractivity contribution in [3.8, 4) is 11.6 Å². The van der Waals surface area contributed by atoms with Crippen LogP contribution in [0.4, 0.5) is 0 Å². The molecule has 0 spiro atoms. The molecule has 1 fully saturated rings. The van der Waals surface area contributed by atoms with Gasteiger partial charge in [-0.3, -0.25) is 0 Å². The molecule has 1 aromatic heterocycles. The Morgan fingerprint density at radius 1 is 1.32 bits per heavy atom. The van der Waals surface area contributed by atoms with Crippen molar-refractivity contribution in [1.82, 2.24) is 10.3 Å². The first-order valence-electron chi connectivity index (χ1n) is 7.07.